The lowest BCUT2D eigenvalue weighted by atomic mass is 10.3. The van der Waals surface area contributed by atoms with Gasteiger partial charge in [-0.05, 0) is 65.0 Å². The lowest BCUT2D eigenvalue weighted by Gasteiger charge is -2.34. The fourth-order valence-corrected chi connectivity index (χ4v) is 11.4. The molecule has 0 unspecified atom stereocenters. The second kappa shape index (κ2) is 10.7. The van der Waals surface area contributed by atoms with E-state index in [0.717, 1.165) is 24.9 Å². The Labute approximate surface area is 154 Å². The predicted molar refractivity (Wildman–Crippen MR) is 106 cm³/mol. The van der Waals surface area contributed by atoms with Gasteiger partial charge in [0, 0.05) is 12.0 Å². The molecule has 0 aliphatic carbocycles. The van der Waals surface area contributed by atoms with Crippen LogP contribution in [0.3, 0.4) is 0 Å². The topological polar surface area (TPSA) is 61.8 Å². The minimum Gasteiger partial charge on any atom is -0.462 e. The van der Waals surface area contributed by atoms with Crippen LogP contribution >= 0.6 is 0 Å². The standard InChI is InChI=1S/C18H34O5Si2/c1-15(2)18(20)21-12-10-14-25(7,8)23-24(5,6)13-9-11-17(19)22-16(3)4/h1,3,9-14H2,2,4-8H3. The highest BCUT2D eigenvalue weighted by Crippen LogP contribution is 2.24. The number of carbonyl (C=O) groups excluding carboxylic acids is 2. The Hall–Kier alpha value is -1.19. The summed E-state index contributed by atoms with van der Waals surface area (Å²) >= 11 is 0. The largest absolute Gasteiger partial charge is 0.462 e. The second-order valence-electron chi connectivity index (χ2n) is 7.67. The summed E-state index contributed by atoms with van der Waals surface area (Å²) in [4.78, 5) is 22.9. The maximum atomic E-state index is 11.6. The van der Waals surface area contributed by atoms with Gasteiger partial charge in [0.2, 0.25) is 0 Å². The molecule has 0 N–H and O–H groups in total. The molecule has 5 nitrogen and oxygen atoms in total. The van der Waals surface area contributed by atoms with Gasteiger partial charge in [-0.15, -0.1) is 0 Å². The predicted octanol–water partition coefficient (Wildman–Crippen LogP) is 4.78. The van der Waals surface area contributed by atoms with Gasteiger partial charge in [0.1, 0.15) is 0 Å². The van der Waals surface area contributed by atoms with Gasteiger partial charge in [0.15, 0.2) is 16.6 Å². The normalized spacial score (nSPS) is 11.8. The molecule has 0 saturated carbocycles. The zero-order valence-electron chi connectivity index (χ0n) is 16.7. The molecule has 0 aliphatic heterocycles. The van der Waals surface area contributed by atoms with Gasteiger partial charge in [-0.1, -0.05) is 13.2 Å². The summed E-state index contributed by atoms with van der Waals surface area (Å²) in [6.07, 6.45) is 1.96. The highest BCUT2D eigenvalue weighted by molar-refractivity contribution is 6.84. The summed E-state index contributed by atoms with van der Waals surface area (Å²) in [5.41, 5.74) is 0.423. The molecule has 25 heavy (non-hydrogen) atoms. The molecule has 0 bridgehead atoms. The van der Waals surface area contributed by atoms with E-state index in [-0.39, 0.29) is 11.9 Å². The minimum absolute atomic E-state index is 0.229. The molecule has 0 spiro atoms. The molecule has 7 heteroatoms. The summed E-state index contributed by atoms with van der Waals surface area (Å²) in [5.74, 6) is -0.136. The van der Waals surface area contributed by atoms with Crippen LogP contribution in [-0.4, -0.2) is 35.2 Å². The first-order valence-electron chi connectivity index (χ1n) is 8.74. The average molecular weight is 387 g/mol. The van der Waals surface area contributed by atoms with Crippen molar-refractivity contribution in [1.29, 1.82) is 0 Å². The van der Waals surface area contributed by atoms with E-state index in [9.17, 15) is 9.59 Å². The summed E-state index contributed by atoms with van der Waals surface area (Å²) in [6, 6.07) is 1.85. The second-order valence-corrected chi connectivity index (χ2v) is 16.5. The number of hydrogen-bond acceptors (Lipinski definition) is 5. The third-order valence-corrected chi connectivity index (χ3v) is 11.0. The molecule has 0 aromatic carbocycles. The molecule has 0 amide bonds. The van der Waals surface area contributed by atoms with E-state index < -0.39 is 16.6 Å². The Morgan fingerprint density at radius 3 is 1.92 bits per heavy atom. The molecule has 0 rings (SSSR count). The zero-order chi connectivity index (χ0) is 19.7. The van der Waals surface area contributed by atoms with Crippen molar-refractivity contribution in [3.05, 3.63) is 24.5 Å². The van der Waals surface area contributed by atoms with E-state index in [0.29, 0.717) is 24.4 Å². The summed E-state index contributed by atoms with van der Waals surface area (Å²) < 4.78 is 16.6. The van der Waals surface area contributed by atoms with E-state index >= 15 is 0 Å². The molecule has 0 atom stereocenters. The molecule has 0 fully saturated rings. The maximum absolute atomic E-state index is 11.6. The van der Waals surface area contributed by atoms with Crippen molar-refractivity contribution >= 4 is 28.6 Å². The van der Waals surface area contributed by atoms with Gasteiger partial charge in [0.05, 0.1) is 12.4 Å². The van der Waals surface area contributed by atoms with Crippen LogP contribution in [0, 0.1) is 0 Å². The van der Waals surface area contributed by atoms with Crippen molar-refractivity contribution in [2.24, 2.45) is 0 Å². The molecular weight excluding hydrogens is 352 g/mol. The van der Waals surface area contributed by atoms with Crippen molar-refractivity contribution < 1.29 is 23.2 Å². The van der Waals surface area contributed by atoms with Crippen LogP contribution in [-0.2, 0) is 23.2 Å². The average Bonchev–Trinajstić information content (AvgIpc) is 2.40. The summed E-state index contributed by atoms with van der Waals surface area (Å²) in [7, 11) is -3.66. The van der Waals surface area contributed by atoms with Crippen molar-refractivity contribution in [3.8, 4) is 0 Å². The monoisotopic (exact) mass is 386 g/mol. The number of ether oxygens (including phenoxy) is 2. The third kappa shape index (κ3) is 12.8. The van der Waals surface area contributed by atoms with Crippen molar-refractivity contribution in [3.63, 3.8) is 0 Å². The van der Waals surface area contributed by atoms with Gasteiger partial charge in [-0.2, -0.15) is 0 Å². The van der Waals surface area contributed by atoms with Crippen molar-refractivity contribution in [1.82, 2.24) is 0 Å². The fraction of sp³-hybridized carbons (Fsp3) is 0.667. The first-order chi connectivity index (χ1) is 11.3. The SMILES string of the molecule is C=C(C)OC(=O)CCC[Si](C)(C)O[Si](C)(C)CCCOC(=O)C(=C)C. The van der Waals surface area contributed by atoms with E-state index in [1.807, 2.05) is 0 Å². The van der Waals surface area contributed by atoms with Gasteiger partial charge < -0.3 is 13.6 Å². The van der Waals surface area contributed by atoms with Crippen LogP contribution in [0.25, 0.3) is 0 Å². The third-order valence-electron chi connectivity index (χ3n) is 3.51. The molecular formula is C18H34O5Si2. The highest BCUT2D eigenvalue weighted by Gasteiger charge is 2.32. The first-order valence-corrected chi connectivity index (χ1v) is 15.0. The minimum atomic E-state index is -1.84. The molecule has 0 aliphatic rings. The molecule has 0 heterocycles. The summed E-state index contributed by atoms with van der Waals surface area (Å²) in [6.45, 7) is 19.6. The number of allylic oxidation sites excluding steroid dienone is 1. The van der Waals surface area contributed by atoms with Crippen LogP contribution in [0.4, 0.5) is 0 Å². The molecule has 0 radical (unpaired) electrons. The fourth-order valence-electron chi connectivity index (χ4n) is 2.54. The number of rotatable bonds is 12. The zero-order valence-corrected chi connectivity index (χ0v) is 18.7. The van der Waals surface area contributed by atoms with Gasteiger partial charge in [0.25, 0.3) is 0 Å². The van der Waals surface area contributed by atoms with E-state index in [4.69, 9.17) is 13.6 Å². The Morgan fingerprint density at radius 2 is 1.44 bits per heavy atom. The Bertz CT molecular complexity index is 498. The van der Waals surface area contributed by atoms with Crippen LogP contribution in [0.15, 0.2) is 24.5 Å². The van der Waals surface area contributed by atoms with Gasteiger partial charge >= 0.3 is 11.9 Å². The highest BCUT2D eigenvalue weighted by atomic mass is 28.4. The smallest absolute Gasteiger partial charge is 0.333 e. The molecule has 0 aromatic rings. The lowest BCUT2D eigenvalue weighted by molar-refractivity contribution is -0.140. The Morgan fingerprint density at radius 1 is 0.920 bits per heavy atom. The molecule has 144 valence electrons. The molecule has 0 aromatic heterocycles. The van der Waals surface area contributed by atoms with Crippen LogP contribution in [0.2, 0.25) is 38.3 Å². The van der Waals surface area contributed by atoms with Crippen LogP contribution in [0.5, 0.6) is 0 Å². The van der Waals surface area contributed by atoms with Crippen LogP contribution in [0.1, 0.15) is 33.1 Å². The quantitative estimate of drug-likeness (QED) is 0.159. The van der Waals surface area contributed by atoms with Crippen molar-refractivity contribution in [2.75, 3.05) is 6.61 Å². The van der Waals surface area contributed by atoms with Crippen molar-refractivity contribution in [2.45, 2.75) is 71.4 Å². The Kier molecular flexibility index (Phi) is 10.2. The van der Waals surface area contributed by atoms with E-state index in [1.165, 1.54) is 0 Å². The summed E-state index contributed by atoms with van der Waals surface area (Å²) in [5, 5.41) is 0. The van der Waals surface area contributed by atoms with Gasteiger partial charge in [-0.25, -0.2) is 4.79 Å². The van der Waals surface area contributed by atoms with Gasteiger partial charge in [-0.3, -0.25) is 4.79 Å². The molecule has 0 saturated heterocycles. The lowest BCUT2D eigenvalue weighted by Crippen LogP contribution is -2.44. The number of carbonyl (C=O) groups is 2. The van der Waals surface area contributed by atoms with Crippen LogP contribution < -0.4 is 0 Å². The Balaban J connectivity index is 4.18. The first kappa shape index (κ1) is 23.8. The van der Waals surface area contributed by atoms with E-state index in [1.54, 1.807) is 13.8 Å². The number of esters is 2. The maximum Gasteiger partial charge on any atom is 0.333 e. The number of hydrogen-bond donors (Lipinski definition) is 0. The van der Waals surface area contributed by atoms with E-state index in [2.05, 4.69) is 39.3 Å².